The molecule has 1 aromatic heterocycles. The first-order valence-electron chi connectivity index (χ1n) is 5.40. The number of aryl methyl sites for hydroxylation is 1. The summed E-state index contributed by atoms with van der Waals surface area (Å²) in [4.78, 5) is 0. The highest BCUT2D eigenvalue weighted by molar-refractivity contribution is 9.10. The van der Waals surface area contributed by atoms with Crippen LogP contribution < -0.4 is 0 Å². The Labute approximate surface area is 104 Å². The fraction of sp³-hybridized carbons (Fsp3) is 0.308. The largest absolute Gasteiger partial charge is 0.261 e. The summed E-state index contributed by atoms with van der Waals surface area (Å²) < 4.78 is 3.10. The third-order valence-corrected chi connectivity index (χ3v) is 3.22. The summed E-state index contributed by atoms with van der Waals surface area (Å²) in [5, 5.41) is 4.40. The molecule has 0 atom stereocenters. The fourth-order valence-corrected chi connectivity index (χ4v) is 2.31. The Morgan fingerprint density at radius 1 is 1.25 bits per heavy atom. The minimum Gasteiger partial charge on any atom is -0.261 e. The molecule has 2 aromatic rings. The summed E-state index contributed by atoms with van der Waals surface area (Å²) in [5.74, 6) is 0. The van der Waals surface area contributed by atoms with Crippen molar-refractivity contribution >= 4 is 15.9 Å². The molecule has 16 heavy (non-hydrogen) atoms. The number of nitrogens with zero attached hydrogens (tertiary/aromatic N) is 2. The van der Waals surface area contributed by atoms with Crippen molar-refractivity contribution in [1.29, 1.82) is 0 Å². The summed E-state index contributed by atoms with van der Waals surface area (Å²) in [7, 11) is 0. The lowest BCUT2D eigenvalue weighted by Gasteiger charge is -2.13. The van der Waals surface area contributed by atoms with Gasteiger partial charge in [-0.05, 0) is 42.3 Å². The third kappa shape index (κ3) is 1.92. The van der Waals surface area contributed by atoms with Crippen molar-refractivity contribution in [1.82, 2.24) is 9.78 Å². The van der Waals surface area contributed by atoms with E-state index in [2.05, 4.69) is 66.1 Å². The second kappa shape index (κ2) is 4.42. The van der Waals surface area contributed by atoms with Crippen LogP contribution in [0.2, 0.25) is 0 Å². The van der Waals surface area contributed by atoms with E-state index in [0.717, 1.165) is 10.2 Å². The maximum absolute atomic E-state index is 4.40. The van der Waals surface area contributed by atoms with Gasteiger partial charge in [-0.3, -0.25) is 4.68 Å². The van der Waals surface area contributed by atoms with Gasteiger partial charge in [0.1, 0.15) is 0 Å². The Kier molecular flexibility index (Phi) is 3.15. The lowest BCUT2D eigenvalue weighted by atomic mass is 10.1. The standard InChI is InChI=1S/C13H15BrN2/c1-9(2)16-13(12(14)8-15-16)11-7-5-4-6-10(11)3/h4-9H,1-3H3. The van der Waals surface area contributed by atoms with Gasteiger partial charge < -0.3 is 0 Å². The van der Waals surface area contributed by atoms with E-state index in [1.54, 1.807) is 0 Å². The van der Waals surface area contributed by atoms with Gasteiger partial charge in [-0.15, -0.1) is 0 Å². The smallest absolute Gasteiger partial charge is 0.0830 e. The van der Waals surface area contributed by atoms with Gasteiger partial charge in [0.05, 0.1) is 16.4 Å². The number of hydrogen-bond acceptors (Lipinski definition) is 1. The highest BCUT2D eigenvalue weighted by Gasteiger charge is 2.14. The molecular formula is C13H15BrN2. The Hall–Kier alpha value is -1.09. The zero-order valence-electron chi connectivity index (χ0n) is 9.74. The van der Waals surface area contributed by atoms with Crippen LogP contribution in [0.3, 0.4) is 0 Å². The van der Waals surface area contributed by atoms with Gasteiger partial charge in [0.25, 0.3) is 0 Å². The summed E-state index contributed by atoms with van der Waals surface area (Å²) in [6.45, 7) is 6.40. The van der Waals surface area contributed by atoms with Crippen LogP contribution in [0.15, 0.2) is 34.9 Å². The SMILES string of the molecule is Cc1ccccc1-c1c(Br)cnn1C(C)C. The molecule has 84 valence electrons. The quantitative estimate of drug-likeness (QED) is 0.805. The van der Waals surface area contributed by atoms with Gasteiger partial charge in [0, 0.05) is 11.6 Å². The molecule has 2 rings (SSSR count). The predicted molar refractivity (Wildman–Crippen MR) is 70.5 cm³/mol. The van der Waals surface area contributed by atoms with Gasteiger partial charge in [-0.25, -0.2) is 0 Å². The second-order valence-electron chi connectivity index (χ2n) is 4.19. The van der Waals surface area contributed by atoms with Crippen LogP contribution in [0.4, 0.5) is 0 Å². The Morgan fingerprint density at radius 2 is 1.94 bits per heavy atom. The maximum Gasteiger partial charge on any atom is 0.0830 e. The van der Waals surface area contributed by atoms with Crippen LogP contribution in [0.25, 0.3) is 11.3 Å². The van der Waals surface area contributed by atoms with Crippen molar-refractivity contribution < 1.29 is 0 Å². The number of halogens is 1. The number of benzene rings is 1. The van der Waals surface area contributed by atoms with Crippen LogP contribution in [-0.2, 0) is 0 Å². The van der Waals surface area contributed by atoms with Crippen LogP contribution in [-0.4, -0.2) is 9.78 Å². The molecule has 0 fully saturated rings. The molecule has 0 N–H and O–H groups in total. The number of rotatable bonds is 2. The van der Waals surface area contributed by atoms with Crippen molar-refractivity contribution in [3.05, 3.63) is 40.5 Å². The molecule has 0 bridgehead atoms. The van der Waals surface area contributed by atoms with Crippen molar-refractivity contribution in [2.24, 2.45) is 0 Å². The molecule has 0 aliphatic rings. The molecule has 0 saturated heterocycles. The number of hydrogen-bond donors (Lipinski definition) is 0. The maximum atomic E-state index is 4.40. The lowest BCUT2D eigenvalue weighted by Crippen LogP contribution is -2.05. The predicted octanol–water partition coefficient (Wildman–Crippen LogP) is 4.20. The second-order valence-corrected chi connectivity index (χ2v) is 5.05. The topological polar surface area (TPSA) is 17.8 Å². The average Bonchev–Trinajstić information content (AvgIpc) is 2.61. The normalized spacial score (nSPS) is 11.1. The highest BCUT2D eigenvalue weighted by Crippen LogP contribution is 2.32. The van der Waals surface area contributed by atoms with Gasteiger partial charge in [0.15, 0.2) is 0 Å². The van der Waals surface area contributed by atoms with Crippen molar-refractivity contribution in [2.45, 2.75) is 26.8 Å². The van der Waals surface area contributed by atoms with E-state index >= 15 is 0 Å². The molecule has 2 nitrogen and oxygen atoms in total. The first-order chi connectivity index (χ1) is 7.61. The molecule has 0 aliphatic carbocycles. The van der Waals surface area contributed by atoms with Gasteiger partial charge in [0.2, 0.25) is 0 Å². The number of aromatic nitrogens is 2. The van der Waals surface area contributed by atoms with E-state index < -0.39 is 0 Å². The molecule has 0 radical (unpaired) electrons. The molecule has 0 saturated carbocycles. The molecule has 3 heteroatoms. The third-order valence-electron chi connectivity index (χ3n) is 2.64. The minimum absolute atomic E-state index is 0.362. The summed E-state index contributed by atoms with van der Waals surface area (Å²) in [6, 6.07) is 8.74. The Morgan fingerprint density at radius 3 is 2.56 bits per heavy atom. The summed E-state index contributed by atoms with van der Waals surface area (Å²) in [6.07, 6.45) is 1.86. The van der Waals surface area contributed by atoms with E-state index in [-0.39, 0.29) is 0 Å². The van der Waals surface area contributed by atoms with Crippen LogP contribution in [0.1, 0.15) is 25.5 Å². The molecular weight excluding hydrogens is 264 g/mol. The molecule has 1 heterocycles. The molecule has 0 unspecified atom stereocenters. The average molecular weight is 279 g/mol. The zero-order chi connectivity index (χ0) is 11.7. The Bertz CT molecular complexity index is 500. The van der Waals surface area contributed by atoms with Crippen molar-refractivity contribution in [3.63, 3.8) is 0 Å². The van der Waals surface area contributed by atoms with Gasteiger partial charge >= 0.3 is 0 Å². The molecule has 1 aromatic carbocycles. The van der Waals surface area contributed by atoms with Gasteiger partial charge in [-0.2, -0.15) is 5.10 Å². The summed E-state index contributed by atoms with van der Waals surface area (Å²) >= 11 is 3.57. The van der Waals surface area contributed by atoms with Gasteiger partial charge in [-0.1, -0.05) is 24.3 Å². The fourth-order valence-electron chi connectivity index (χ4n) is 1.82. The molecule has 0 amide bonds. The van der Waals surface area contributed by atoms with Crippen LogP contribution >= 0.6 is 15.9 Å². The van der Waals surface area contributed by atoms with E-state index in [1.165, 1.54) is 11.1 Å². The van der Waals surface area contributed by atoms with Crippen LogP contribution in [0, 0.1) is 6.92 Å². The van der Waals surface area contributed by atoms with Crippen molar-refractivity contribution in [2.75, 3.05) is 0 Å². The van der Waals surface area contributed by atoms with Crippen LogP contribution in [0.5, 0.6) is 0 Å². The van der Waals surface area contributed by atoms with E-state index in [4.69, 9.17) is 0 Å². The Balaban J connectivity index is 2.64. The molecule has 0 spiro atoms. The van der Waals surface area contributed by atoms with Crippen molar-refractivity contribution in [3.8, 4) is 11.3 Å². The lowest BCUT2D eigenvalue weighted by molar-refractivity contribution is 0.538. The van der Waals surface area contributed by atoms with E-state index in [9.17, 15) is 0 Å². The monoisotopic (exact) mass is 278 g/mol. The first-order valence-corrected chi connectivity index (χ1v) is 6.19. The molecule has 0 aliphatic heterocycles. The summed E-state index contributed by atoms with van der Waals surface area (Å²) in [5.41, 5.74) is 3.67. The minimum atomic E-state index is 0.362. The first kappa shape index (κ1) is 11.4. The van der Waals surface area contributed by atoms with E-state index in [1.807, 2.05) is 10.9 Å². The highest BCUT2D eigenvalue weighted by atomic mass is 79.9. The zero-order valence-corrected chi connectivity index (χ0v) is 11.3. The van der Waals surface area contributed by atoms with E-state index in [0.29, 0.717) is 6.04 Å².